The molecule has 4 aliphatic rings. The van der Waals surface area contributed by atoms with E-state index in [9.17, 15) is 4.79 Å². The van der Waals surface area contributed by atoms with Crippen molar-refractivity contribution in [3.63, 3.8) is 0 Å². The Hall–Kier alpha value is -0.790. The van der Waals surface area contributed by atoms with E-state index >= 15 is 0 Å². The first-order valence-electron chi connectivity index (χ1n) is 14.5. The number of esters is 1. The second kappa shape index (κ2) is 9.69. The predicted molar refractivity (Wildman–Crippen MR) is 138 cm³/mol. The number of hydrogen-bond acceptors (Lipinski definition) is 2. The van der Waals surface area contributed by atoms with Gasteiger partial charge in [-0.2, -0.15) is 0 Å². The number of rotatable bonds is 7. The summed E-state index contributed by atoms with van der Waals surface area (Å²) >= 11 is 0. The van der Waals surface area contributed by atoms with Gasteiger partial charge in [0, 0.05) is 6.92 Å². The number of carbonyl (C=O) groups excluding carboxylic acids is 1. The zero-order valence-electron chi connectivity index (χ0n) is 22.8. The second-order valence-corrected chi connectivity index (χ2v) is 13.4. The third-order valence-corrected chi connectivity index (χ3v) is 11.6. The molecule has 0 heterocycles. The zero-order valence-corrected chi connectivity index (χ0v) is 22.8. The number of fused-ring (bicyclic) bond motifs is 5. The van der Waals surface area contributed by atoms with Crippen LogP contribution < -0.4 is 0 Å². The summed E-state index contributed by atoms with van der Waals surface area (Å²) in [5.41, 5.74) is 2.73. The quantitative estimate of drug-likeness (QED) is 0.283. The lowest BCUT2D eigenvalue weighted by Gasteiger charge is -2.61. The van der Waals surface area contributed by atoms with E-state index in [1.807, 2.05) is 5.57 Å². The maximum atomic E-state index is 11.5. The molecule has 0 amide bonds. The van der Waals surface area contributed by atoms with Crippen molar-refractivity contribution in [2.45, 2.75) is 125 Å². The maximum Gasteiger partial charge on any atom is 0.302 e. The largest absolute Gasteiger partial charge is 0.463 e. The van der Waals surface area contributed by atoms with Crippen LogP contribution in [0.5, 0.6) is 0 Å². The molecule has 3 saturated carbocycles. The molecule has 4 aliphatic carbocycles. The van der Waals surface area contributed by atoms with Gasteiger partial charge in [0.25, 0.3) is 0 Å². The van der Waals surface area contributed by atoms with Crippen molar-refractivity contribution < 1.29 is 9.53 Å². The predicted octanol–water partition coefficient (Wildman–Crippen LogP) is 8.60. The van der Waals surface area contributed by atoms with Crippen molar-refractivity contribution in [1.29, 1.82) is 0 Å². The lowest BCUT2D eigenvalue weighted by molar-refractivity contribution is -0.158. The van der Waals surface area contributed by atoms with Gasteiger partial charge in [-0.1, -0.05) is 59.6 Å². The summed E-state index contributed by atoms with van der Waals surface area (Å²) in [5.74, 6) is 5.73. The van der Waals surface area contributed by atoms with E-state index in [4.69, 9.17) is 4.74 Å². The Morgan fingerprint density at radius 1 is 1.06 bits per heavy atom. The molecule has 33 heavy (non-hydrogen) atoms. The summed E-state index contributed by atoms with van der Waals surface area (Å²) < 4.78 is 5.66. The summed E-state index contributed by atoms with van der Waals surface area (Å²) in [5, 5.41) is 0. The fourth-order valence-electron chi connectivity index (χ4n) is 9.55. The molecular formula is C31H52O2. The van der Waals surface area contributed by atoms with Crippen LogP contribution in [0.2, 0.25) is 0 Å². The first-order valence-corrected chi connectivity index (χ1v) is 14.5. The summed E-state index contributed by atoms with van der Waals surface area (Å²) in [6.07, 6.45) is 17.3. The average molecular weight is 457 g/mol. The minimum absolute atomic E-state index is 0.0944. The molecular weight excluding hydrogens is 404 g/mol. The molecule has 0 aromatic heterocycles. The summed E-state index contributed by atoms with van der Waals surface area (Å²) in [6.45, 7) is 16.6. The molecule has 0 bridgehead atoms. The van der Waals surface area contributed by atoms with E-state index in [-0.39, 0.29) is 12.1 Å². The molecule has 0 aromatic carbocycles. The van der Waals surface area contributed by atoms with Crippen molar-refractivity contribution in [3.8, 4) is 0 Å². The molecule has 0 aliphatic heterocycles. The van der Waals surface area contributed by atoms with Gasteiger partial charge in [-0.15, -0.1) is 0 Å². The Balaban J connectivity index is 1.43. The van der Waals surface area contributed by atoms with Gasteiger partial charge in [-0.05, 0) is 116 Å². The highest BCUT2D eigenvalue weighted by atomic mass is 16.5. The molecule has 9 atom stereocenters. The van der Waals surface area contributed by atoms with Crippen LogP contribution in [-0.4, -0.2) is 12.1 Å². The molecule has 0 saturated heterocycles. The van der Waals surface area contributed by atoms with Crippen LogP contribution in [-0.2, 0) is 9.53 Å². The third kappa shape index (κ3) is 4.58. The smallest absolute Gasteiger partial charge is 0.302 e. The van der Waals surface area contributed by atoms with E-state index in [1.54, 1.807) is 6.92 Å². The standard InChI is InChI=1S/C31H52O2/c1-8-23(20(2)3)10-9-21(4)27-13-14-28-26-12-11-24-19-25(33-22(5)32)15-17-30(24,6)29(26)16-18-31(27,28)7/h13,20-21,23-26,28-29H,8-12,14-19H2,1-7H3/t21-,23-,24+,25-,26+,28+,29+,30+,31-/m1/s1. The fourth-order valence-corrected chi connectivity index (χ4v) is 9.55. The van der Waals surface area contributed by atoms with Crippen LogP contribution in [0.3, 0.4) is 0 Å². The number of hydrogen-bond donors (Lipinski definition) is 0. The van der Waals surface area contributed by atoms with Gasteiger partial charge >= 0.3 is 5.97 Å². The molecule has 4 rings (SSSR count). The molecule has 188 valence electrons. The monoisotopic (exact) mass is 456 g/mol. The topological polar surface area (TPSA) is 26.3 Å². The van der Waals surface area contributed by atoms with Crippen LogP contribution in [0.15, 0.2) is 11.6 Å². The number of allylic oxidation sites excluding steroid dienone is 2. The molecule has 3 fully saturated rings. The molecule has 0 radical (unpaired) electrons. The SMILES string of the molecule is CC[C@H](CC[C@@H](C)C1=CC[C@H]2[C@@H]3CC[C@H]4C[C@H](OC(C)=O)CC[C@]4(C)[C@H]3CC[C@]12C)C(C)C. The lowest BCUT2D eigenvalue weighted by atomic mass is 9.44. The first-order chi connectivity index (χ1) is 15.6. The molecule has 0 unspecified atom stereocenters. The maximum absolute atomic E-state index is 11.5. The van der Waals surface area contributed by atoms with Gasteiger partial charge in [-0.3, -0.25) is 4.79 Å². The van der Waals surface area contributed by atoms with Crippen LogP contribution in [0.1, 0.15) is 119 Å². The second-order valence-electron chi connectivity index (χ2n) is 13.4. The van der Waals surface area contributed by atoms with E-state index in [2.05, 4.69) is 47.6 Å². The zero-order chi connectivity index (χ0) is 24.0. The van der Waals surface area contributed by atoms with Gasteiger partial charge in [0.2, 0.25) is 0 Å². The van der Waals surface area contributed by atoms with Crippen molar-refractivity contribution in [2.75, 3.05) is 0 Å². The highest BCUT2D eigenvalue weighted by Gasteiger charge is 2.59. The van der Waals surface area contributed by atoms with Crippen LogP contribution in [0.25, 0.3) is 0 Å². The Morgan fingerprint density at radius 3 is 2.48 bits per heavy atom. The van der Waals surface area contributed by atoms with Gasteiger partial charge in [0.1, 0.15) is 6.10 Å². The van der Waals surface area contributed by atoms with Crippen LogP contribution >= 0.6 is 0 Å². The minimum atomic E-state index is -0.0944. The number of ether oxygens (including phenoxy) is 1. The molecule has 0 N–H and O–H groups in total. The van der Waals surface area contributed by atoms with E-state index in [0.717, 1.165) is 54.3 Å². The summed E-state index contributed by atoms with van der Waals surface area (Å²) in [7, 11) is 0. The van der Waals surface area contributed by atoms with Crippen molar-refractivity contribution in [1.82, 2.24) is 0 Å². The lowest BCUT2D eigenvalue weighted by Crippen LogP contribution is -2.54. The Labute approximate surface area is 204 Å². The fraction of sp³-hybridized carbons (Fsp3) is 0.903. The normalized spacial score (nSPS) is 42.1. The first kappa shape index (κ1) is 25.3. The molecule has 0 spiro atoms. The summed E-state index contributed by atoms with van der Waals surface area (Å²) in [4.78, 5) is 11.5. The van der Waals surface area contributed by atoms with Gasteiger partial charge in [-0.25, -0.2) is 0 Å². The Bertz CT molecular complexity index is 737. The van der Waals surface area contributed by atoms with E-state index in [1.165, 1.54) is 57.8 Å². The van der Waals surface area contributed by atoms with Gasteiger partial charge in [0.05, 0.1) is 0 Å². The minimum Gasteiger partial charge on any atom is -0.463 e. The van der Waals surface area contributed by atoms with Crippen molar-refractivity contribution in [3.05, 3.63) is 11.6 Å². The molecule has 0 aromatic rings. The highest BCUT2D eigenvalue weighted by Crippen LogP contribution is 2.67. The summed E-state index contributed by atoms with van der Waals surface area (Å²) in [6, 6.07) is 0. The van der Waals surface area contributed by atoms with Crippen molar-refractivity contribution >= 4 is 5.97 Å². The molecule has 2 nitrogen and oxygen atoms in total. The van der Waals surface area contributed by atoms with Crippen molar-refractivity contribution in [2.24, 2.45) is 52.3 Å². The highest BCUT2D eigenvalue weighted by molar-refractivity contribution is 5.66. The Morgan fingerprint density at radius 2 is 1.82 bits per heavy atom. The Kier molecular flexibility index (Phi) is 7.43. The molecule has 2 heteroatoms. The average Bonchev–Trinajstić information content (AvgIpc) is 3.11. The van der Waals surface area contributed by atoms with Gasteiger partial charge in [0.15, 0.2) is 0 Å². The number of carbonyl (C=O) groups is 1. The third-order valence-electron chi connectivity index (χ3n) is 11.6. The van der Waals surface area contributed by atoms with Gasteiger partial charge < -0.3 is 4.74 Å². The van der Waals surface area contributed by atoms with Crippen LogP contribution in [0, 0.1) is 52.3 Å². The van der Waals surface area contributed by atoms with E-state index in [0.29, 0.717) is 10.8 Å². The van der Waals surface area contributed by atoms with Crippen LogP contribution in [0.4, 0.5) is 0 Å². The van der Waals surface area contributed by atoms with E-state index < -0.39 is 0 Å².